The fourth-order valence-corrected chi connectivity index (χ4v) is 1.82. The molecule has 0 aliphatic carbocycles. The highest BCUT2D eigenvalue weighted by Gasteiger charge is 2.30. The Balaban J connectivity index is 1.93. The molecule has 20 heavy (non-hydrogen) atoms. The van der Waals surface area contributed by atoms with Gasteiger partial charge in [-0.1, -0.05) is 13.3 Å². The molecule has 1 fully saturated rings. The third-order valence-corrected chi connectivity index (χ3v) is 2.85. The Hall–Kier alpha value is -2.38. The van der Waals surface area contributed by atoms with E-state index in [-0.39, 0.29) is 17.7 Å². The van der Waals surface area contributed by atoms with E-state index in [0.717, 1.165) is 19.3 Å². The first-order valence-electron chi connectivity index (χ1n) is 6.36. The standard InChI is InChI=1S/C12H15N3O5/c1-2-3-4-10-8-14(12(16)20-10)13-7-9-5-6-11(19-9)15(17)18/h5-7,10H,2-4,8H2,1H3/b13-7-/t10-/m0/s1. The van der Waals surface area contributed by atoms with Gasteiger partial charge >= 0.3 is 12.0 Å². The lowest BCUT2D eigenvalue weighted by atomic mass is 10.2. The number of unbranched alkanes of at least 4 members (excludes halogenated alkanes) is 1. The third-order valence-electron chi connectivity index (χ3n) is 2.85. The molecule has 0 spiro atoms. The summed E-state index contributed by atoms with van der Waals surface area (Å²) in [6, 6.07) is 2.64. The lowest BCUT2D eigenvalue weighted by Gasteiger charge is -2.05. The van der Waals surface area contributed by atoms with E-state index in [4.69, 9.17) is 9.15 Å². The SMILES string of the molecule is CCCC[C@H]1CN(/N=C\c2ccc([N+](=O)[O-])o2)C(=O)O1. The molecule has 1 aliphatic heterocycles. The van der Waals surface area contributed by atoms with Crippen molar-refractivity contribution in [1.82, 2.24) is 5.01 Å². The summed E-state index contributed by atoms with van der Waals surface area (Å²) in [5.41, 5.74) is 0. The smallest absolute Gasteiger partial charge is 0.433 e. The Kier molecular flexibility index (Phi) is 4.34. The second kappa shape index (κ2) is 6.18. The number of nitrogens with zero attached hydrogens (tertiary/aromatic N) is 3. The number of hydrogen-bond acceptors (Lipinski definition) is 6. The third kappa shape index (κ3) is 3.34. The van der Waals surface area contributed by atoms with E-state index in [1.807, 2.05) is 0 Å². The van der Waals surface area contributed by atoms with Gasteiger partial charge in [-0.3, -0.25) is 10.1 Å². The van der Waals surface area contributed by atoms with Gasteiger partial charge in [-0.2, -0.15) is 10.1 Å². The van der Waals surface area contributed by atoms with Crippen molar-refractivity contribution in [2.24, 2.45) is 5.10 Å². The first-order valence-corrected chi connectivity index (χ1v) is 6.36. The fraction of sp³-hybridized carbons (Fsp3) is 0.500. The predicted molar refractivity (Wildman–Crippen MR) is 69.5 cm³/mol. The molecule has 108 valence electrons. The minimum atomic E-state index is -0.637. The summed E-state index contributed by atoms with van der Waals surface area (Å²) in [4.78, 5) is 21.3. The number of ether oxygens (including phenoxy) is 1. The Morgan fingerprint density at radius 1 is 1.60 bits per heavy atom. The number of hydrazone groups is 1. The zero-order valence-electron chi connectivity index (χ0n) is 11.0. The second-order valence-electron chi connectivity index (χ2n) is 4.41. The van der Waals surface area contributed by atoms with Crippen LogP contribution >= 0.6 is 0 Å². The minimum absolute atomic E-state index is 0.148. The molecule has 0 aromatic carbocycles. The summed E-state index contributed by atoms with van der Waals surface area (Å²) in [7, 11) is 0. The van der Waals surface area contributed by atoms with Crippen LogP contribution in [0, 0.1) is 10.1 Å². The van der Waals surface area contributed by atoms with Gasteiger partial charge in [-0.05, 0) is 18.9 Å². The maximum Gasteiger partial charge on any atom is 0.433 e. The van der Waals surface area contributed by atoms with Gasteiger partial charge in [-0.15, -0.1) is 0 Å². The van der Waals surface area contributed by atoms with Crippen LogP contribution in [0.2, 0.25) is 0 Å². The van der Waals surface area contributed by atoms with Crippen molar-refractivity contribution in [2.45, 2.75) is 32.3 Å². The molecule has 0 unspecified atom stereocenters. The summed E-state index contributed by atoms with van der Waals surface area (Å²) in [6.07, 6.45) is 3.43. The molecule has 0 saturated carbocycles. The average molecular weight is 281 g/mol. The lowest BCUT2D eigenvalue weighted by Crippen LogP contribution is -2.19. The molecule has 2 heterocycles. The predicted octanol–water partition coefficient (Wildman–Crippen LogP) is 2.53. The Morgan fingerprint density at radius 2 is 2.40 bits per heavy atom. The largest absolute Gasteiger partial charge is 0.443 e. The van der Waals surface area contributed by atoms with E-state index in [1.54, 1.807) is 0 Å². The summed E-state index contributed by atoms with van der Waals surface area (Å²) in [5.74, 6) is -0.155. The second-order valence-corrected chi connectivity index (χ2v) is 4.41. The number of furan rings is 1. The quantitative estimate of drug-likeness (QED) is 0.453. The summed E-state index contributed by atoms with van der Waals surface area (Å²) in [5, 5.41) is 15.6. The summed E-state index contributed by atoms with van der Waals surface area (Å²) in [6.45, 7) is 2.45. The van der Waals surface area contributed by atoms with Gasteiger partial charge in [0.25, 0.3) is 0 Å². The van der Waals surface area contributed by atoms with Gasteiger partial charge in [0.2, 0.25) is 0 Å². The number of carbonyl (C=O) groups excluding carboxylic acids is 1. The molecule has 0 bridgehead atoms. The topological polar surface area (TPSA) is 98.2 Å². The molecule has 0 N–H and O–H groups in total. The molecule has 0 radical (unpaired) electrons. The normalized spacial score (nSPS) is 18.8. The molecule has 1 aliphatic rings. The molecule has 2 rings (SSSR count). The first kappa shape index (κ1) is 14.0. The molecule has 1 aromatic rings. The zero-order valence-corrected chi connectivity index (χ0v) is 11.0. The van der Waals surface area contributed by atoms with Gasteiger partial charge in [0.1, 0.15) is 11.0 Å². The monoisotopic (exact) mass is 281 g/mol. The Labute approximate surface area is 115 Å². The van der Waals surface area contributed by atoms with E-state index in [9.17, 15) is 14.9 Å². The van der Waals surface area contributed by atoms with Crippen LogP contribution < -0.4 is 0 Å². The van der Waals surface area contributed by atoms with E-state index in [1.165, 1.54) is 23.4 Å². The van der Waals surface area contributed by atoms with Crippen molar-refractivity contribution in [3.05, 3.63) is 28.0 Å². The van der Waals surface area contributed by atoms with Gasteiger partial charge in [-0.25, -0.2) is 4.79 Å². The molecule has 1 atom stereocenters. The maximum atomic E-state index is 11.5. The average Bonchev–Trinajstić information content (AvgIpc) is 3.01. The van der Waals surface area contributed by atoms with Crippen molar-refractivity contribution in [1.29, 1.82) is 0 Å². The number of hydrogen-bond donors (Lipinski definition) is 0. The number of nitro groups is 1. The number of rotatable bonds is 6. The van der Waals surface area contributed by atoms with Crippen molar-refractivity contribution in [3.63, 3.8) is 0 Å². The van der Waals surface area contributed by atoms with Crippen molar-refractivity contribution in [3.8, 4) is 0 Å². The number of cyclic esters (lactones) is 1. The molecular weight excluding hydrogens is 266 g/mol. The zero-order chi connectivity index (χ0) is 14.5. The molecule has 1 aromatic heterocycles. The van der Waals surface area contributed by atoms with Crippen LogP contribution in [0.15, 0.2) is 21.7 Å². The van der Waals surface area contributed by atoms with Gasteiger partial charge in [0.05, 0.1) is 18.8 Å². The Morgan fingerprint density at radius 3 is 3.05 bits per heavy atom. The van der Waals surface area contributed by atoms with Crippen molar-refractivity contribution < 1.29 is 18.9 Å². The van der Waals surface area contributed by atoms with E-state index >= 15 is 0 Å². The van der Waals surface area contributed by atoms with Crippen LogP contribution in [0.25, 0.3) is 0 Å². The summed E-state index contributed by atoms with van der Waals surface area (Å²) >= 11 is 0. The maximum absolute atomic E-state index is 11.5. The van der Waals surface area contributed by atoms with Crippen LogP contribution in [0.5, 0.6) is 0 Å². The van der Waals surface area contributed by atoms with E-state index < -0.39 is 11.0 Å². The molecule has 8 nitrogen and oxygen atoms in total. The first-order chi connectivity index (χ1) is 9.60. The molecule has 8 heteroatoms. The van der Waals surface area contributed by atoms with Crippen molar-refractivity contribution in [2.75, 3.05) is 6.54 Å². The lowest BCUT2D eigenvalue weighted by molar-refractivity contribution is -0.402. The molecule has 1 saturated heterocycles. The number of carbonyl (C=O) groups is 1. The van der Waals surface area contributed by atoms with Gasteiger partial charge in [0, 0.05) is 0 Å². The van der Waals surface area contributed by atoms with Gasteiger partial charge in [0.15, 0.2) is 5.76 Å². The van der Waals surface area contributed by atoms with Crippen LogP contribution in [-0.4, -0.2) is 34.9 Å². The van der Waals surface area contributed by atoms with Crippen LogP contribution in [0.1, 0.15) is 31.9 Å². The van der Waals surface area contributed by atoms with Crippen LogP contribution in [0.3, 0.4) is 0 Å². The molecule has 1 amide bonds. The number of amides is 1. The Bertz CT molecular complexity index is 525. The highest BCUT2D eigenvalue weighted by Crippen LogP contribution is 2.18. The van der Waals surface area contributed by atoms with Crippen LogP contribution in [0.4, 0.5) is 10.7 Å². The molecular formula is C12H15N3O5. The van der Waals surface area contributed by atoms with E-state index in [2.05, 4.69) is 12.0 Å². The minimum Gasteiger partial charge on any atom is -0.443 e. The van der Waals surface area contributed by atoms with Crippen LogP contribution in [-0.2, 0) is 4.74 Å². The highest BCUT2D eigenvalue weighted by atomic mass is 16.6. The van der Waals surface area contributed by atoms with Crippen molar-refractivity contribution >= 4 is 18.2 Å². The van der Waals surface area contributed by atoms with Gasteiger partial charge < -0.3 is 9.15 Å². The highest BCUT2D eigenvalue weighted by molar-refractivity contribution is 5.78. The summed E-state index contributed by atoms with van der Waals surface area (Å²) < 4.78 is 10.0. The fourth-order valence-electron chi connectivity index (χ4n) is 1.82. The van der Waals surface area contributed by atoms with E-state index in [0.29, 0.717) is 6.54 Å².